The van der Waals surface area contributed by atoms with Crippen molar-refractivity contribution in [3.8, 4) is 11.4 Å². The van der Waals surface area contributed by atoms with Gasteiger partial charge in [0.15, 0.2) is 5.82 Å². The van der Waals surface area contributed by atoms with Crippen molar-refractivity contribution in [3.63, 3.8) is 0 Å². The lowest BCUT2D eigenvalue weighted by Gasteiger charge is -2.27. The highest BCUT2D eigenvalue weighted by Crippen LogP contribution is 2.39. The van der Waals surface area contributed by atoms with Crippen molar-refractivity contribution < 1.29 is 40.2 Å². The van der Waals surface area contributed by atoms with Crippen molar-refractivity contribution in [1.82, 2.24) is 44.9 Å². The number of halogens is 3. The third-order valence-corrected chi connectivity index (χ3v) is 11.9. The summed E-state index contributed by atoms with van der Waals surface area (Å²) in [5, 5.41) is 5.27. The van der Waals surface area contributed by atoms with Gasteiger partial charge in [-0.15, -0.1) is 0 Å². The number of rotatable bonds is 12. The predicted molar refractivity (Wildman–Crippen MR) is 231 cm³/mol. The molecule has 332 valence electrons. The van der Waals surface area contributed by atoms with Crippen LogP contribution in [0.1, 0.15) is 11.1 Å². The molecule has 0 bridgehead atoms. The monoisotopic (exact) mass is 964 g/mol. The first kappa shape index (κ1) is 44.4. The summed E-state index contributed by atoms with van der Waals surface area (Å²) < 4.78 is 90.3. The molecule has 8 rings (SSSR count). The maximum absolute atomic E-state index is 13.5. The molecule has 0 amide bonds. The first-order chi connectivity index (χ1) is 30.2. The zero-order valence-electron chi connectivity index (χ0n) is 32.6. The van der Waals surface area contributed by atoms with Crippen molar-refractivity contribution in [2.24, 2.45) is 0 Å². The van der Waals surface area contributed by atoms with Crippen molar-refractivity contribution in [2.45, 2.75) is 9.79 Å². The van der Waals surface area contributed by atoms with Gasteiger partial charge in [0.2, 0.25) is 45.6 Å². The molecule has 0 unspecified atom stereocenters. The molecule has 23 nitrogen and oxygen atoms in total. The Morgan fingerprint density at radius 1 is 0.556 bits per heavy atom. The average molecular weight is 966 g/mol. The SMILES string of the molecule is O=S(=O)(O)c1cc(Nc2nc(Cl)nc(N3CCOCC3)n2)ccc1C=Cc1ccc(Nc2nc(Cl)nc(N3CCOCC3)n2)c(-c2nc(Cl)nc(N3CCOCC3)n2)c1S(=O)(=O)O. The van der Waals surface area contributed by atoms with Crippen LogP contribution in [0.4, 0.5) is 41.1 Å². The summed E-state index contributed by atoms with van der Waals surface area (Å²) in [5.41, 5.74) is -0.406. The summed E-state index contributed by atoms with van der Waals surface area (Å²) in [4.78, 5) is 42.8. The van der Waals surface area contributed by atoms with E-state index >= 15 is 0 Å². The molecule has 0 radical (unpaired) electrons. The van der Waals surface area contributed by atoms with E-state index in [2.05, 4.69) is 55.5 Å². The maximum Gasteiger partial charge on any atom is 0.295 e. The van der Waals surface area contributed by atoms with Gasteiger partial charge in [-0.25, -0.2) is 0 Å². The first-order valence-electron chi connectivity index (χ1n) is 18.9. The summed E-state index contributed by atoms with van der Waals surface area (Å²) in [6, 6.07) is 6.68. The zero-order valence-corrected chi connectivity index (χ0v) is 36.5. The second-order valence-corrected chi connectivity index (χ2v) is 17.4. The van der Waals surface area contributed by atoms with Crippen LogP contribution in [0.15, 0.2) is 40.1 Å². The van der Waals surface area contributed by atoms with E-state index in [9.17, 15) is 25.9 Å². The Bertz CT molecular complexity index is 2780. The Balaban J connectivity index is 1.21. The van der Waals surface area contributed by atoms with Gasteiger partial charge in [-0.05, 0) is 64.1 Å². The van der Waals surface area contributed by atoms with E-state index < -0.39 is 30.0 Å². The maximum atomic E-state index is 13.5. The van der Waals surface area contributed by atoms with Crippen molar-refractivity contribution >= 4 is 108 Å². The predicted octanol–water partition coefficient (Wildman–Crippen LogP) is 3.53. The molecule has 3 aliphatic heterocycles. The smallest absolute Gasteiger partial charge is 0.295 e. The molecule has 0 aliphatic carbocycles. The van der Waals surface area contributed by atoms with Gasteiger partial charge in [0.05, 0.1) is 50.9 Å². The molecule has 3 fully saturated rings. The van der Waals surface area contributed by atoms with Crippen molar-refractivity contribution in [2.75, 3.05) is 104 Å². The van der Waals surface area contributed by atoms with Gasteiger partial charge in [-0.2, -0.15) is 61.7 Å². The lowest BCUT2D eigenvalue weighted by Crippen LogP contribution is -2.37. The normalized spacial score (nSPS) is 16.4. The Morgan fingerprint density at radius 2 is 1.02 bits per heavy atom. The standard InChI is InChI=1S/C35H35Cl3N14O9S2/c36-28-41-27(42-33(45-28)50-7-13-59-14-8-50)25-23(40-32-44-30(38)47-35(49-32)52-11-17-61-18-12-52)6-4-21(26(25)63(56,57)58)2-1-20-3-5-22(19-24(20)62(53,54)55)39-31-43-29(37)46-34(48-31)51-9-15-60-16-10-51/h1-6,19H,7-18H2,(H,53,54,55)(H,56,57,58)(H,39,43,46,48)(H,40,44,47,49). The van der Waals surface area contributed by atoms with Crippen LogP contribution in [0.3, 0.4) is 0 Å². The van der Waals surface area contributed by atoms with Gasteiger partial charge >= 0.3 is 0 Å². The molecule has 0 saturated carbocycles. The van der Waals surface area contributed by atoms with Crippen molar-refractivity contribution in [1.29, 1.82) is 0 Å². The first-order valence-corrected chi connectivity index (χ1v) is 22.9. The Hall–Kier alpha value is -5.22. The highest BCUT2D eigenvalue weighted by atomic mass is 35.5. The zero-order chi connectivity index (χ0) is 44.3. The van der Waals surface area contributed by atoms with Gasteiger partial charge in [0.25, 0.3) is 20.2 Å². The number of anilines is 7. The highest BCUT2D eigenvalue weighted by molar-refractivity contribution is 7.86. The molecule has 3 aliphatic rings. The largest absolute Gasteiger partial charge is 0.378 e. The second kappa shape index (κ2) is 18.9. The summed E-state index contributed by atoms with van der Waals surface area (Å²) in [5.74, 6) is 0.214. The van der Waals surface area contributed by atoms with Crippen LogP contribution in [-0.2, 0) is 34.4 Å². The van der Waals surface area contributed by atoms with Gasteiger partial charge in [-0.1, -0.05) is 24.3 Å². The van der Waals surface area contributed by atoms with Crippen LogP contribution < -0.4 is 25.3 Å². The van der Waals surface area contributed by atoms with Crippen molar-refractivity contribution in [3.05, 3.63) is 57.3 Å². The van der Waals surface area contributed by atoms with Gasteiger partial charge in [0, 0.05) is 45.0 Å². The summed E-state index contributed by atoms with van der Waals surface area (Å²) in [6.45, 7) is 5.21. The molecule has 4 N–H and O–H groups in total. The molecule has 2 aromatic carbocycles. The van der Waals surface area contributed by atoms with E-state index in [0.717, 1.165) is 6.07 Å². The van der Waals surface area contributed by atoms with Crippen LogP contribution in [0.2, 0.25) is 15.9 Å². The molecule has 6 heterocycles. The van der Waals surface area contributed by atoms with E-state index in [0.29, 0.717) is 78.9 Å². The summed E-state index contributed by atoms with van der Waals surface area (Å²) in [6.07, 6.45) is 2.44. The Kier molecular flexibility index (Phi) is 13.3. The minimum Gasteiger partial charge on any atom is -0.378 e. The molecule has 3 saturated heterocycles. The summed E-state index contributed by atoms with van der Waals surface area (Å²) in [7, 11) is -10.1. The molecule has 63 heavy (non-hydrogen) atoms. The van der Waals surface area contributed by atoms with Crippen LogP contribution in [0.25, 0.3) is 23.5 Å². The second-order valence-electron chi connectivity index (χ2n) is 13.7. The number of nitrogens with one attached hydrogen (secondary N) is 2. The molecular formula is C35H35Cl3N14O9S2. The molecule has 3 aromatic heterocycles. The average Bonchev–Trinajstić information content (AvgIpc) is 3.25. The van der Waals surface area contributed by atoms with E-state index in [1.807, 2.05) is 9.80 Å². The van der Waals surface area contributed by atoms with E-state index in [4.69, 9.17) is 49.0 Å². The fourth-order valence-electron chi connectivity index (χ4n) is 6.69. The lowest BCUT2D eigenvalue weighted by atomic mass is 10.1. The lowest BCUT2D eigenvalue weighted by molar-refractivity contribution is 0.122. The molecule has 28 heteroatoms. The van der Waals surface area contributed by atoms with Gasteiger partial charge < -0.3 is 39.5 Å². The Morgan fingerprint density at radius 3 is 1.52 bits per heavy atom. The number of nitrogens with zero attached hydrogens (tertiary/aromatic N) is 12. The number of aromatic nitrogens is 9. The van der Waals surface area contributed by atoms with Gasteiger partial charge in [-0.3, -0.25) is 9.11 Å². The van der Waals surface area contributed by atoms with Crippen LogP contribution >= 0.6 is 34.8 Å². The minimum absolute atomic E-state index is 0.00735. The van der Waals surface area contributed by atoms with Gasteiger partial charge in [0.1, 0.15) is 9.79 Å². The van der Waals surface area contributed by atoms with E-state index in [-0.39, 0.29) is 79.5 Å². The quantitative estimate of drug-likeness (QED) is 0.103. The van der Waals surface area contributed by atoms with E-state index in [1.165, 1.54) is 36.4 Å². The number of morpholine rings is 3. The summed E-state index contributed by atoms with van der Waals surface area (Å²) >= 11 is 19.0. The number of hydrogen-bond acceptors (Lipinski definition) is 21. The topological polar surface area (TPSA) is 286 Å². The number of hydrogen-bond donors (Lipinski definition) is 4. The minimum atomic E-state index is -5.20. The third-order valence-electron chi connectivity index (χ3n) is 9.58. The van der Waals surface area contributed by atoms with Crippen LogP contribution in [-0.4, -0.2) is 150 Å². The molecular weight excluding hydrogens is 931 g/mol. The third kappa shape index (κ3) is 10.8. The molecule has 5 aromatic rings. The number of ether oxygens (including phenoxy) is 3. The number of benzene rings is 2. The molecule has 0 spiro atoms. The Labute approximate surface area is 374 Å². The highest BCUT2D eigenvalue weighted by Gasteiger charge is 2.29. The fraction of sp³-hybridized carbons (Fsp3) is 0.343. The van der Waals surface area contributed by atoms with E-state index in [1.54, 1.807) is 4.90 Å². The fourth-order valence-corrected chi connectivity index (χ4v) is 8.76. The van der Waals surface area contributed by atoms with Crippen LogP contribution in [0, 0.1) is 0 Å². The molecule has 0 atom stereocenters. The van der Waals surface area contributed by atoms with Crippen LogP contribution in [0.5, 0.6) is 0 Å².